The molecule has 100 valence electrons. The van der Waals surface area contributed by atoms with E-state index < -0.39 is 17.9 Å². The lowest BCUT2D eigenvalue weighted by Crippen LogP contribution is -2.43. The minimum atomic E-state index is -1.14. The van der Waals surface area contributed by atoms with Gasteiger partial charge in [-0.1, -0.05) is 0 Å². The number of carbonyl (C=O) groups is 2. The SMILES string of the molecule is CC(=O)NC(COc1cnn(C(C)C)c1)C(=O)O. The zero-order chi connectivity index (χ0) is 13.7. The number of ether oxygens (including phenoxy) is 1. The van der Waals surface area contributed by atoms with Gasteiger partial charge < -0.3 is 15.2 Å². The Hall–Kier alpha value is -2.05. The Bertz CT molecular complexity index is 428. The molecular weight excluding hydrogens is 238 g/mol. The number of aliphatic carboxylic acids is 1. The molecule has 1 aromatic rings. The normalized spacial score (nSPS) is 12.2. The fraction of sp³-hybridized carbons (Fsp3) is 0.545. The standard InChI is InChI=1S/C11H17N3O4/c1-7(2)14-5-9(4-12-14)18-6-10(11(16)17)13-8(3)15/h4-5,7,10H,6H2,1-3H3,(H,13,15)(H,16,17). The van der Waals surface area contributed by atoms with Gasteiger partial charge in [0.25, 0.3) is 0 Å². The van der Waals surface area contributed by atoms with Gasteiger partial charge >= 0.3 is 5.97 Å². The highest BCUT2D eigenvalue weighted by Gasteiger charge is 2.19. The molecule has 0 bridgehead atoms. The molecule has 0 aromatic carbocycles. The van der Waals surface area contributed by atoms with Crippen LogP contribution in [0.25, 0.3) is 0 Å². The lowest BCUT2D eigenvalue weighted by atomic mass is 10.3. The van der Waals surface area contributed by atoms with Gasteiger partial charge in [0, 0.05) is 13.0 Å². The molecule has 1 heterocycles. The molecule has 7 nitrogen and oxygen atoms in total. The molecule has 0 fully saturated rings. The minimum absolute atomic E-state index is 0.140. The summed E-state index contributed by atoms with van der Waals surface area (Å²) < 4.78 is 6.98. The van der Waals surface area contributed by atoms with Crippen molar-refractivity contribution in [1.82, 2.24) is 15.1 Å². The largest absolute Gasteiger partial charge is 0.488 e. The molecule has 0 aliphatic heterocycles. The summed E-state index contributed by atoms with van der Waals surface area (Å²) in [5.41, 5.74) is 0. The number of carbonyl (C=O) groups excluding carboxylic acids is 1. The van der Waals surface area contributed by atoms with Crippen LogP contribution in [0.3, 0.4) is 0 Å². The third-order valence-corrected chi connectivity index (χ3v) is 2.20. The Labute approximate surface area is 105 Å². The van der Waals surface area contributed by atoms with Crippen LogP contribution in [0.1, 0.15) is 26.8 Å². The first-order valence-corrected chi connectivity index (χ1v) is 5.57. The van der Waals surface area contributed by atoms with Gasteiger partial charge in [-0.05, 0) is 13.8 Å². The van der Waals surface area contributed by atoms with Crippen LogP contribution in [0, 0.1) is 0 Å². The van der Waals surface area contributed by atoms with Crippen LogP contribution in [0.15, 0.2) is 12.4 Å². The van der Waals surface area contributed by atoms with Gasteiger partial charge in [0.15, 0.2) is 11.8 Å². The lowest BCUT2D eigenvalue weighted by Gasteiger charge is -2.13. The number of hydrogen-bond acceptors (Lipinski definition) is 4. The number of nitrogens with zero attached hydrogens (tertiary/aromatic N) is 2. The van der Waals surface area contributed by atoms with E-state index in [1.807, 2.05) is 13.8 Å². The van der Waals surface area contributed by atoms with Gasteiger partial charge in [-0.25, -0.2) is 4.79 Å². The first kappa shape index (κ1) is 14.0. The quantitative estimate of drug-likeness (QED) is 0.769. The third-order valence-electron chi connectivity index (χ3n) is 2.20. The summed E-state index contributed by atoms with van der Waals surface area (Å²) in [5, 5.41) is 15.2. The van der Waals surface area contributed by atoms with Crippen molar-refractivity contribution in [2.75, 3.05) is 6.61 Å². The first-order chi connectivity index (χ1) is 8.40. The molecular formula is C11H17N3O4. The topological polar surface area (TPSA) is 93.5 Å². The second-order valence-electron chi connectivity index (χ2n) is 4.15. The lowest BCUT2D eigenvalue weighted by molar-refractivity contribution is -0.142. The highest BCUT2D eigenvalue weighted by atomic mass is 16.5. The third kappa shape index (κ3) is 4.08. The molecule has 0 saturated heterocycles. The smallest absolute Gasteiger partial charge is 0.329 e. The highest BCUT2D eigenvalue weighted by molar-refractivity contribution is 5.82. The molecule has 0 radical (unpaired) electrons. The number of carboxylic acid groups (broad SMARTS) is 1. The summed E-state index contributed by atoms with van der Waals surface area (Å²) >= 11 is 0. The molecule has 0 spiro atoms. The number of aromatic nitrogens is 2. The summed E-state index contributed by atoms with van der Waals surface area (Å²) in [6.45, 7) is 5.05. The van der Waals surface area contributed by atoms with Crippen LogP contribution in [-0.2, 0) is 9.59 Å². The van der Waals surface area contributed by atoms with E-state index in [2.05, 4.69) is 10.4 Å². The van der Waals surface area contributed by atoms with Gasteiger partial charge in [0.2, 0.25) is 5.91 Å². The molecule has 1 unspecified atom stereocenters. The Kier molecular flexibility index (Phi) is 4.70. The summed E-state index contributed by atoms with van der Waals surface area (Å²) in [7, 11) is 0. The molecule has 7 heteroatoms. The van der Waals surface area contributed by atoms with Crippen molar-refractivity contribution in [2.24, 2.45) is 0 Å². The van der Waals surface area contributed by atoms with Crippen LogP contribution in [0.4, 0.5) is 0 Å². The first-order valence-electron chi connectivity index (χ1n) is 5.57. The summed E-state index contributed by atoms with van der Waals surface area (Å²) in [6.07, 6.45) is 3.18. The second kappa shape index (κ2) is 6.04. The predicted molar refractivity (Wildman–Crippen MR) is 63.3 cm³/mol. The fourth-order valence-corrected chi connectivity index (χ4v) is 1.28. The van der Waals surface area contributed by atoms with Crippen LogP contribution in [0.2, 0.25) is 0 Å². The minimum Gasteiger partial charge on any atom is -0.488 e. The summed E-state index contributed by atoms with van der Waals surface area (Å²) in [5.74, 6) is -1.08. The average Bonchev–Trinajstić information content (AvgIpc) is 2.72. The highest BCUT2D eigenvalue weighted by Crippen LogP contribution is 2.12. The van der Waals surface area contributed by atoms with Crippen molar-refractivity contribution in [3.8, 4) is 5.75 Å². The maximum Gasteiger partial charge on any atom is 0.329 e. The summed E-state index contributed by atoms with van der Waals surface area (Å²) in [4.78, 5) is 21.7. The van der Waals surface area contributed by atoms with E-state index in [9.17, 15) is 9.59 Å². The Morgan fingerprint density at radius 1 is 1.56 bits per heavy atom. The van der Waals surface area contributed by atoms with Gasteiger partial charge in [0.1, 0.15) is 6.61 Å². The molecule has 0 aliphatic rings. The van der Waals surface area contributed by atoms with Crippen LogP contribution in [-0.4, -0.2) is 39.4 Å². The van der Waals surface area contributed by atoms with E-state index in [0.717, 1.165) is 0 Å². The molecule has 1 aromatic heterocycles. The van der Waals surface area contributed by atoms with Gasteiger partial charge in [-0.2, -0.15) is 5.10 Å². The van der Waals surface area contributed by atoms with Gasteiger partial charge in [-0.3, -0.25) is 9.48 Å². The molecule has 1 amide bonds. The van der Waals surface area contributed by atoms with E-state index >= 15 is 0 Å². The average molecular weight is 255 g/mol. The van der Waals surface area contributed by atoms with E-state index in [1.54, 1.807) is 10.9 Å². The van der Waals surface area contributed by atoms with Crippen LogP contribution < -0.4 is 10.1 Å². The van der Waals surface area contributed by atoms with E-state index in [1.165, 1.54) is 13.1 Å². The maximum absolute atomic E-state index is 10.9. The monoisotopic (exact) mass is 255 g/mol. The van der Waals surface area contributed by atoms with Crippen molar-refractivity contribution in [3.63, 3.8) is 0 Å². The molecule has 1 atom stereocenters. The number of nitrogens with one attached hydrogen (secondary N) is 1. The molecule has 18 heavy (non-hydrogen) atoms. The second-order valence-corrected chi connectivity index (χ2v) is 4.15. The molecule has 0 saturated carbocycles. The Morgan fingerprint density at radius 2 is 2.22 bits per heavy atom. The van der Waals surface area contributed by atoms with Crippen LogP contribution >= 0.6 is 0 Å². The zero-order valence-corrected chi connectivity index (χ0v) is 10.6. The van der Waals surface area contributed by atoms with Crippen molar-refractivity contribution >= 4 is 11.9 Å². The maximum atomic E-state index is 10.9. The van der Waals surface area contributed by atoms with Gasteiger partial charge in [0.05, 0.1) is 12.4 Å². The van der Waals surface area contributed by atoms with E-state index in [0.29, 0.717) is 5.75 Å². The van der Waals surface area contributed by atoms with E-state index in [-0.39, 0.29) is 12.6 Å². The number of amides is 1. The molecule has 1 rings (SSSR count). The van der Waals surface area contributed by atoms with Crippen molar-refractivity contribution in [2.45, 2.75) is 32.9 Å². The molecule has 2 N–H and O–H groups in total. The Balaban J connectivity index is 2.55. The van der Waals surface area contributed by atoms with Crippen molar-refractivity contribution in [3.05, 3.63) is 12.4 Å². The van der Waals surface area contributed by atoms with Crippen LogP contribution in [0.5, 0.6) is 5.75 Å². The molecule has 0 aliphatic carbocycles. The fourth-order valence-electron chi connectivity index (χ4n) is 1.28. The number of carboxylic acids is 1. The number of hydrogen-bond donors (Lipinski definition) is 2. The Morgan fingerprint density at radius 3 is 2.67 bits per heavy atom. The van der Waals surface area contributed by atoms with Crippen molar-refractivity contribution < 1.29 is 19.4 Å². The number of rotatable bonds is 6. The zero-order valence-electron chi connectivity index (χ0n) is 10.6. The van der Waals surface area contributed by atoms with Gasteiger partial charge in [-0.15, -0.1) is 0 Å². The van der Waals surface area contributed by atoms with Crippen molar-refractivity contribution in [1.29, 1.82) is 0 Å². The summed E-state index contributed by atoms with van der Waals surface area (Å²) in [6, 6.07) is -0.863. The van der Waals surface area contributed by atoms with E-state index in [4.69, 9.17) is 9.84 Å². The predicted octanol–water partition coefficient (Wildman–Crippen LogP) is 0.432.